The summed E-state index contributed by atoms with van der Waals surface area (Å²) in [7, 11) is 1.49. The monoisotopic (exact) mass is 226 g/mol. The number of rotatable bonds is 3. The summed E-state index contributed by atoms with van der Waals surface area (Å²) in [4.78, 5) is 11.0. The molecule has 0 saturated heterocycles. The number of carbonyl (C=O) groups excluding carboxylic acids is 1. The first-order chi connectivity index (χ1) is 7.22. The summed E-state index contributed by atoms with van der Waals surface area (Å²) >= 11 is 1.01. The molecule has 1 heterocycles. The third kappa shape index (κ3) is 2.57. The Labute approximate surface area is 91.0 Å². The highest BCUT2D eigenvalue weighted by Crippen LogP contribution is 2.29. The maximum Gasteiger partial charge on any atom is 0.319 e. The molecular formula is C8H10N4O2S. The highest BCUT2D eigenvalue weighted by atomic mass is 32.1. The molecule has 0 bridgehead atoms. The van der Waals surface area contributed by atoms with Gasteiger partial charge in [-0.1, -0.05) is 0 Å². The number of hydrogen-bond acceptors (Lipinski definition) is 5. The van der Waals surface area contributed by atoms with Crippen LogP contribution in [0, 0.1) is 11.3 Å². The van der Waals surface area contributed by atoms with Gasteiger partial charge in [0.15, 0.2) is 5.56 Å². The summed E-state index contributed by atoms with van der Waals surface area (Å²) in [6, 6.07) is 1.55. The van der Waals surface area contributed by atoms with Gasteiger partial charge in [-0.2, -0.15) is 9.64 Å². The average Bonchev–Trinajstić information content (AvgIpc) is 2.61. The Balaban J connectivity index is 2.90. The van der Waals surface area contributed by atoms with Crippen molar-refractivity contribution in [2.45, 2.75) is 6.92 Å². The van der Waals surface area contributed by atoms with Gasteiger partial charge in [0.25, 0.3) is 0 Å². The molecular weight excluding hydrogens is 216 g/mol. The fourth-order valence-corrected chi connectivity index (χ4v) is 1.54. The van der Waals surface area contributed by atoms with Gasteiger partial charge in [-0.25, -0.2) is 4.79 Å². The van der Waals surface area contributed by atoms with Gasteiger partial charge in [-0.15, -0.1) is 0 Å². The summed E-state index contributed by atoms with van der Waals surface area (Å²) in [6.45, 7) is 2.23. The zero-order valence-electron chi connectivity index (χ0n) is 8.33. The molecule has 0 saturated carbocycles. The van der Waals surface area contributed by atoms with Crippen LogP contribution in [0.2, 0.25) is 0 Å². The molecule has 2 N–H and O–H groups in total. The van der Waals surface area contributed by atoms with Crippen molar-refractivity contribution < 1.29 is 9.53 Å². The maximum absolute atomic E-state index is 11.0. The molecule has 2 amide bonds. The van der Waals surface area contributed by atoms with Gasteiger partial charge in [0.2, 0.25) is 5.88 Å². The van der Waals surface area contributed by atoms with E-state index in [1.165, 1.54) is 7.05 Å². The largest absolute Gasteiger partial charge is 0.476 e. The van der Waals surface area contributed by atoms with Crippen molar-refractivity contribution in [1.29, 1.82) is 5.26 Å². The number of ether oxygens (including phenoxy) is 1. The van der Waals surface area contributed by atoms with Crippen LogP contribution < -0.4 is 15.4 Å². The minimum Gasteiger partial charge on any atom is -0.476 e. The molecule has 1 rings (SSSR count). The fraction of sp³-hybridized carbons (Fsp3) is 0.375. The van der Waals surface area contributed by atoms with Gasteiger partial charge in [0.05, 0.1) is 6.61 Å². The Morgan fingerprint density at radius 2 is 2.47 bits per heavy atom. The van der Waals surface area contributed by atoms with Crippen molar-refractivity contribution in [3.8, 4) is 11.9 Å². The number of nitrogens with one attached hydrogen (secondary N) is 2. The molecule has 0 aromatic carbocycles. The molecule has 0 fully saturated rings. The number of amides is 2. The lowest BCUT2D eigenvalue weighted by atomic mass is 10.3. The first-order valence-electron chi connectivity index (χ1n) is 4.24. The lowest BCUT2D eigenvalue weighted by Gasteiger charge is -2.00. The van der Waals surface area contributed by atoms with E-state index in [9.17, 15) is 4.79 Å². The van der Waals surface area contributed by atoms with E-state index >= 15 is 0 Å². The van der Waals surface area contributed by atoms with Crippen molar-refractivity contribution in [3.05, 3.63) is 5.56 Å². The molecule has 7 heteroatoms. The van der Waals surface area contributed by atoms with Crippen LogP contribution in [0.15, 0.2) is 0 Å². The molecule has 0 unspecified atom stereocenters. The van der Waals surface area contributed by atoms with Gasteiger partial charge < -0.3 is 10.1 Å². The van der Waals surface area contributed by atoms with Crippen LogP contribution in [0.1, 0.15) is 12.5 Å². The summed E-state index contributed by atoms with van der Waals surface area (Å²) in [5, 5.41) is 14.1. The first kappa shape index (κ1) is 11.3. The lowest BCUT2D eigenvalue weighted by molar-refractivity contribution is 0.254. The molecule has 6 nitrogen and oxygen atoms in total. The molecule has 0 aliphatic carbocycles. The molecule has 0 radical (unpaired) electrons. The predicted molar refractivity (Wildman–Crippen MR) is 56.1 cm³/mol. The Kier molecular flexibility index (Phi) is 3.88. The van der Waals surface area contributed by atoms with Crippen LogP contribution in [-0.2, 0) is 0 Å². The fourth-order valence-electron chi connectivity index (χ4n) is 0.860. The van der Waals surface area contributed by atoms with Gasteiger partial charge in [-0.05, 0) is 18.5 Å². The number of anilines is 1. The Bertz CT molecular complexity index is 396. The number of urea groups is 1. The molecule has 80 valence electrons. The molecule has 1 aromatic heterocycles. The maximum atomic E-state index is 11.0. The van der Waals surface area contributed by atoms with E-state index in [1.54, 1.807) is 6.92 Å². The second kappa shape index (κ2) is 5.17. The SMILES string of the molecule is CCOc1nsc(NC(=O)NC)c1C#N. The standard InChI is InChI=1S/C8H10N4O2S/c1-3-14-6-5(4-9)7(15-12-6)11-8(13)10-2/h3H2,1-2H3,(H2,10,11,13). The lowest BCUT2D eigenvalue weighted by Crippen LogP contribution is -2.24. The van der Waals surface area contributed by atoms with Crippen LogP contribution in [0.4, 0.5) is 9.80 Å². The highest BCUT2D eigenvalue weighted by molar-refractivity contribution is 7.10. The van der Waals surface area contributed by atoms with Crippen molar-refractivity contribution in [2.75, 3.05) is 19.0 Å². The van der Waals surface area contributed by atoms with E-state index in [0.29, 0.717) is 11.6 Å². The zero-order chi connectivity index (χ0) is 11.3. The molecule has 0 atom stereocenters. The van der Waals surface area contributed by atoms with Crippen LogP contribution >= 0.6 is 11.5 Å². The second-order valence-electron chi connectivity index (χ2n) is 2.44. The van der Waals surface area contributed by atoms with E-state index in [1.807, 2.05) is 6.07 Å². The van der Waals surface area contributed by atoms with Crippen LogP contribution in [0.3, 0.4) is 0 Å². The second-order valence-corrected chi connectivity index (χ2v) is 3.21. The van der Waals surface area contributed by atoms with Crippen LogP contribution in [0.25, 0.3) is 0 Å². The van der Waals surface area contributed by atoms with Gasteiger partial charge in [-0.3, -0.25) is 5.32 Å². The van der Waals surface area contributed by atoms with E-state index in [4.69, 9.17) is 10.00 Å². The van der Waals surface area contributed by atoms with Gasteiger partial charge in [0, 0.05) is 7.05 Å². The average molecular weight is 226 g/mol. The number of hydrogen-bond donors (Lipinski definition) is 2. The number of nitriles is 1. The predicted octanol–water partition coefficient (Wildman–Crippen LogP) is 1.16. The number of aromatic nitrogens is 1. The third-order valence-corrected chi connectivity index (χ3v) is 2.25. The Hall–Kier alpha value is -1.81. The molecule has 0 aliphatic heterocycles. The van der Waals surface area contributed by atoms with Crippen molar-refractivity contribution in [1.82, 2.24) is 9.69 Å². The van der Waals surface area contributed by atoms with Crippen molar-refractivity contribution in [2.24, 2.45) is 0 Å². The van der Waals surface area contributed by atoms with Crippen molar-refractivity contribution >= 4 is 22.6 Å². The smallest absolute Gasteiger partial charge is 0.319 e. The van der Waals surface area contributed by atoms with Gasteiger partial charge in [0.1, 0.15) is 11.1 Å². The molecule has 0 aliphatic rings. The van der Waals surface area contributed by atoms with E-state index in [-0.39, 0.29) is 11.4 Å². The quantitative estimate of drug-likeness (QED) is 0.809. The normalized spacial score (nSPS) is 9.13. The first-order valence-corrected chi connectivity index (χ1v) is 5.01. The van der Waals surface area contributed by atoms with Crippen molar-refractivity contribution in [3.63, 3.8) is 0 Å². The summed E-state index contributed by atoms with van der Waals surface area (Å²) in [5.41, 5.74) is 0.255. The van der Waals surface area contributed by atoms with Gasteiger partial charge >= 0.3 is 6.03 Å². The summed E-state index contributed by atoms with van der Waals surface area (Å²) < 4.78 is 9.05. The molecule has 0 spiro atoms. The summed E-state index contributed by atoms with van der Waals surface area (Å²) in [6.07, 6.45) is 0. The highest BCUT2D eigenvalue weighted by Gasteiger charge is 2.15. The Morgan fingerprint density at radius 3 is 3.00 bits per heavy atom. The third-order valence-electron chi connectivity index (χ3n) is 1.51. The minimum atomic E-state index is -0.391. The van der Waals surface area contributed by atoms with Crippen LogP contribution in [0.5, 0.6) is 5.88 Å². The van der Waals surface area contributed by atoms with E-state index < -0.39 is 6.03 Å². The summed E-state index contributed by atoms with van der Waals surface area (Å²) in [5.74, 6) is 0.261. The number of carbonyl (C=O) groups is 1. The minimum absolute atomic E-state index is 0.255. The van der Waals surface area contributed by atoms with Crippen LogP contribution in [-0.4, -0.2) is 24.1 Å². The molecule has 1 aromatic rings. The van der Waals surface area contributed by atoms with E-state index in [2.05, 4.69) is 15.0 Å². The van der Waals surface area contributed by atoms with E-state index in [0.717, 1.165) is 11.5 Å². The zero-order valence-corrected chi connectivity index (χ0v) is 9.14. The number of nitrogens with zero attached hydrogens (tertiary/aromatic N) is 2. The Morgan fingerprint density at radius 1 is 1.73 bits per heavy atom. The topological polar surface area (TPSA) is 87.0 Å². The molecule has 15 heavy (non-hydrogen) atoms.